The third-order valence-electron chi connectivity index (χ3n) is 6.58. The molecule has 4 radical (unpaired) electrons. The van der Waals surface area contributed by atoms with E-state index >= 15 is 0 Å². The van der Waals surface area contributed by atoms with Gasteiger partial charge in [-0.3, -0.25) is 0 Å². The lowest BCUT2D eigenvalue weighted by molar-refractivity contribution is 0.812. The lowest BCUT2D eigenvalue weighted by Gasteiger charge is -2.25. The minimum absolute atomic E-state index is 0.566. The van der Waals surface area contributed by atoms with Crippen molar-refractivity contribution in [1.29, 1.82) is 0 Å². The van der Waals surface area contributed by atoms with Crippen LogP contribution in [-0.2, 0) is 0 Å². The Kier molecular flexibility index (Phi) is 9.61. The second kappa shape index (κ2) is 11.3. The number of rotatable bonds is 9. The molecule has 0 heterocycles. The standard InChI is InChI=1S/C30H46Si2/c1-17(2)23-13-25(19(5)6)29(26(14-23)20(7)8)31-32-30-27(21(9)10)15-24(18(3)4)16-28(30)22(11)12/h13-22H,1-12H3. The van der Waals surface area contributed by atoms with Crippen molar-refractivity contribution in [2.24, 2.45) is 0 Å². The van der Waals surface area contributed by atoms with E-state index in [0.29, 0.717) is 35.5 Å². The van der Waals surface area contributed by atoms with Crippen LogP contribution in [0.2, 0.25) is 0 Å². The van der Waals surface area contributed by atoms with Gasteiger partial charge in [-0.2, -0.15) is 0 Å². The van der Waals surface area contributed by atoms with Gasteiger partial charge in [0.05, 0.1) is 18.1 Å². The maximum atomic E-state index is 2.52. The van der Waals surface area contributed by atoms with Gasteiger partial charge in [0.25, 0.3) is 0 Å². The molecule has 0 aliphatic rings. The van der Waals surface area contributed by atoms with Gasteiger partial charge in [-0.15, -0.1) is 0 Å². The van der Waals surface area contributed by atoms with Crippen LogP contribution in [0.3, 0.4) is 0 Å². The zero-order valence-electron chi connectivity index (χ0n) is 22.8. The van der Waals surface area contributed by atoms with Crippen molar-refractivity contribution in [3.05, 3.63) is 57.6 Å². The van der Waals surface area contributed by atoms with Crippen LogP contribution in [0.25, 0.3) is 0 Å². The van der Waals surface area contributed by atoms with Gasteiger partial charge in [0, 0.05) is 0 Å². The molecule has 0 fully saturated rings. The summed E-state index contributed by atoms with van der Waals surface area (Å²) in [6.07, 6.45) is 0. The van der Waals surface area contributed by atoms with Crippen molar-refractivity contribution >= 4 is 28.4 Å². The van der Waals surface area contributed by atoms with Gasteiger partial charge in [-0.1, -0.05) is 118 Å². The fourth-order valence-corrected chi connectivity index (χ4v) is 9.08. The molecule has 2 rings (SSSR count). The molecule has 2 aromatic carbocycles. The number of hydrogen-bond acceptors (Lipinski definition) is 0. The Morgan fingerprint density at radius 2 is 0.594 bits per heavy atom. The summed E-state index contributed by atoms with van der Waals surface area (Å²) in [6.45, 7) is 28.3. The van der Waals surface area contributed by atoms with E-state index in [1.165, 1.54) is 11.1 Å². The Balaban J connectivity index is 2.63. The van der Waals surface area contributed by atoms with Gasteiger partial charge in [-0.25, -0.2) is 0 Å². The molecule has 0 spiro atoms. The van der Waals surface area contributed by atoms with Gasteiger partial charge >= 0.3 is 0 Å². The van der Waals surface area contributed by atoms with Crippen LogP contribution >= 0.6 is 0 Å². The van der Waals surface area contributed by atoms with Crippen LogP contribution in [0.1, 0.15) is 152 Å². The largest absolute Gasteiger partial charge is 0.0719 e. The summed E-state index contributed by atoms with van der Waals surface area (Å²) in [5.41, 5.74) is 9.34. The van der Waals surface area contributed by atoms with E-state index in [9.17, 15) is 0 Å². The molecule has 0 saturated heterocycles. The van der Waals surface area contributed by atoms with E-state index < -0.39 is 0 Å². The molecule has 0 saturated carbocycles. The van der Waals surface area contributed by atoms with Gasteiger partial charge < -0.3 is 0 Å². The highest BCUT2D eigenvalue weighted by atomic mass is 29.1. The molecular formula is C30H46Si2. The van der Waals surface area contributed by atoms with E-state index in [1.54, 1.807) is 32.6 Å². The van der Waals surface area contributed by atoms with Crippen LogP contribution in [0.15, 0.2) is 24.3 Å². The molecule has 2 heteroatoms. The van der Waals surface area contributed by atoms with Crippen molar-refractivity contribution in [1.82, 2.24) is 0 Å². The predicted octanol–water partition coefficient (Wildman–Crippen LogP) is 7.70. The SMILES string of the molecule is CC(C)c1cc(C(C)C)c([Si][Si]c2c(C(C)C)cc(C(C)C)cc2C(C)C)c(C(C)C)c1. The summed E-state index contributed by atoms with van der Waals surface area (Å²) in [4.78, 5) is 0. The van der Waals surface area contributed by atoms with Crippen molar-refractivity contribution in [3.63, 3.8) is 0 Å². The molecule has 0 aliphatic heterocycles. The zero-order valence-corrected chi connectivity index (χ0v) is 24.8. The van der Waals surface area contributed by atoms with Gasteiger partial charge in [0.1, 0.15) is 0 Å². The monoisotopic (exact) mass is 462 g/mol. The molecule has 0 atom stereocenters. The highest BCUT2D eigenvalue weighted by molar-refractivity contribution is 7.13. The molecule has 0 aliphatic carbocycles. The Morgan fingerprint density at radius 3 is 0.750 bits per heavy atom. The average molecular weight is 463 g/mol. The van der Waals surface area contributed by atoms with Crippen LogP contribution in [0.4, 0.5) is 0 Å². The van der Waals surface area contributed by atoms with E-state index in [4.69, 9.17) is 0 Å². The molecule has 174 valence electrons. The van der Waals surface area contributed by atoms with Crippen molar-refractivity contribution in [3.8, 4) is 0 Å². The Labute approximate surface area is 204 Å². The Bertz CT molecular complexity index is 768. The molecule has 0 nitrogen and oxygen atoms in total. The molecule has 0 N–H and O–H groups in total. The van der Waals surface area contributed by atoms with E-state index in [-0.39, 0.29) is 0 Å². The molecule has 0 aromatic heterocycles. The third-order valence-corrected chi connectivity index (χ3v) is 10.2. The average Bonchev–Trinajstić information content (AvgIpc) is 2.70. The first-order valence-corrected chi connectivity index (χ1v) is 15.7. The third kappa shape index (κ3) is 6.26. The molecular weight excluding hydrogens is 417 g/mol. The van der Waals surface area contributed by atoms with Crippen LogP contribution in [-0.4, -0.2) is 18.1 Å². The van der Waals surface area contributed by atoms with Crippen LogP contribution in [0.5, 0.6) is 0 Å². The molecule has 0 unspecified atom stereocenters. The quantitative estimate of drug-likeness (QED) is 0.335. The first-order chi connectivity index (χ1) is 14.8. The highest BCUT2D eigenvalue weighted by Crippen LogP contribution is 2.27. The number of benzene rings is 2. The maximum Gasteiger partial charge on any atom is 0.0719 e. The van der Waals surface area contributed by atoms with Crippen molar-refractivity contribution < 1.29 is 0 Å². The summed E-state index contributed by atoms with van der Waals surface area (Å²) >= 11 is 0. The normalized spacial score (nSPS) is 12.4. The highest BCUT2D eigenvalue weighted by Gasteiger charge is 2.21. The lowest BCUT2D eigenvalue weighted by Crippen LogP contribution is -2.38. The molecule has 0 amide bonds. The summed E-state index contributed by atoms with van der Waals surface area (Å²) in [7, 11) is 1.70. The minimum atomic E-state index is 0.566. The lowest BCUT2D eigenvalue weighted by atomic mass is 9.89. The first-order valence-electron chi connectivity index (χ1n) is 12.7. The number of hydrogen-bond donors (Lipinski definition) is 0. The second-order valence-electron chi connectivity index (χ2n) is 11.3. The van der Waals surface area contributed by atoms with E-state index in [1.807, 2.05) is 0 Å². The fraction of sp³-hybridized carbons (Fsp3) is 0.600. The smallest absolute Gasteiger partial charge is 0.0606 e. The van der Waals surface area contributed by atoms with Gasteiger partial charge in [0.2, 0.25) is 0 Å². The summed E-state index contributed by atoms with van der Waals surface area (Å²) < 4.78 is 0. The molecule has 32 heavy (non-hydrogen) atoms. The van der Waals surface area contributed by atoms with Crippen LogP contribution in [0, 0.1) is 0 Å². The Morgan fingerprint density at radius 1 is 0.375 bits per heavy atom. The van der Waals surface area contributed by atoms with Crippen LogP contribution < -0.4 is 10.4 Å². The summed E-state index contributed by atoms with van der Waals surface area (Å²) in [5, 5.41) is 3.30. The minimum Gasteiger partial charge on any atom is -0.0606 e. The van der Waals surface area contributed by atoms with Crippen molar-refractivity contribution in [2.75, 3.05) is 0 Å². The molecule has 0 bridgehead atoms. The summed E-state index contributed by atoms with van der Waals surface area (Å²) in [5.74, 6) is 3.42. The Hall–Kier alpha value is -1.13. The predicted molar refractivity (Wildman–Crippen MR) is 148 cm³/mol. The molecule has 2 aromatic rings. The van der Waals surface area contributed by atoms with Gasteiger partial charge in [-0.05, 0) is 68.9 Å². The van der Waals surface area contributed by atoms with Crippen molar-refractivity contribution in [2.45, 2.75) is 119 Å². The van der Waals surface area contributed by atoms with E-state index in [0.717, 1.165) is 18.1 Å². The fourth-order valence-electron chi connectivity index (χ4n) is 4.33. The zero-order chi connectivity index (χ0) is 24.3. The summed E-state index contributed by atoms with van der Waals surface area (Å²) in [6, 6.07) is 10.1. The second-order valence-corrected chi connectivity index (χ2v) is 14.3. The van der Waals surface area contributed by atoms with Gasteiger partial charge in [0.15, 0.2) is 0 Å². The topological polar surface area (TPSA) is 0 Å². The van der Waals surface area contributed by atoms with E-state index in [2.05, 4.69) is 107 Å². The first kappa shape index (κ1) is 27.1. The maximum absolute atomic E-state index is 2.52.